The van der Waals surface area contributed by atoms with Crippen LogP contribution in [0.2, 0.25) is 0 Å². The van der Waals surface area contributed by atoms with Crippen LogP contribution in [0, 0.1) is 0 Å². The Balaban J connectivity index is 0.00000400. The highest BCUT2D eigenvalue weighted by Gasteiger charge is 2.01. The van der Waals surface area contributed by atoms with E-state index in [1.165, 1.54) is 11.1 Å². The van der Waals surface area contributed by atoms with Gasteiger partial charge in [-0.1, -0.05) is 37.3 Å². The third-order valence-corrected chi connectivity index (χ3v) is 3.91. The van der Waals surface area contributed by atoms with E-state index in [2.05, 4.69) is 53.4 Å². The fraction of sp³-hybridized carbons (Fsp3) is 0.438. The van der Waals surface area contributed by atoms with E-state index >= 15 is 0 Å². The molecular formula is C16H26IN3S. The maximum atomic E-state index is 4.24. The molecule has 118 valence electrons. The van der Waals surface area contributed by atoms with Crippen molar-refractivity contribution in [3.63, 3.8) is 0 Å². The summed E-state index contributed by atoms with van der Waals surface area (Å²) >= 11 is 1.86. The van der Waals surface area contributed by atoms with Gasteiger partial charge in [-0.2, -0.15) is 11.8 Å². The van der Waals surface area contributed by atoms with Crippen LogP contribution in [0.3, 0.4) is 0 Å². The molecule has 5 heteroatoms. The maximum absolute atomic E-state index is 4.24. The number of hydrogen-bond acceptors (Lipinski definition) is 2. The van der Waals surface area contributed by atoms with Crippen LogP contribution in [0.15, 0.2) is 41.9 Å². The molecule has 0 atom stereocenters. The molecule has 0 unspecified atom stereocenters. The number of aryl methyl sites for hydroxylation is 1. The van der Waals surface area contributed by atoms with Crippen molar-refractivity contribution in [3.8, 4) is 0 Å². The zero-order valence-corrected chi connectivity index (χ0v) is 16.0. The third-order valence-electron chi connectivity index (χ3n) is 2.94. The summed E-state index contributed by atoms with van der Waals surface area (Å²) in [4.78, 5) is 4.24. The lowest BCUT2D eigenvalue weighted by molar-refractivity contribution is 0.824. The molecule has 1 aromatic carbocycles. The van der Waals surface area contributed by atoms with Gasteiger partial charge in [-0.3, -0.25) is 4.99 Å². The Kier molecular flexibility index (Phi) is 12.6. The Labute approximate surface area is 150 Å². The number of nitrogens with one attached hydrogen (secondary N) is 2. The van der Waals surface area contributed by atoms with Crippen molar-refractivity contribution in [2.24, 2.45) is 4.99 Å². The summed E-state index contributed by atoms with van der Waals surface area (Å²) in [5, 5.41) is 6.68. The first-order valence-electron chi connectivity index (χ1n) is 7.01. The Hall–Kier alpha value is -0.690. The number of benzene rings is 1. The summed E-state index contributed by atoms with van der Waals surface area (Å²) in [6, 6.07) is 8.52. The molecule has 0 radical (unpaired) electrons. The first-order valence-corrected chi connectivity index (χ1v) is 8.17. The van der Waals surface area contributed by atoms with Crippen LogP contribution in [0.4, 0.5) is 0 Å². The molecule has 0 amide bonds. The summed E-state index contributed by atoms with van der Waals surface area (Å²) in [5.41, 5.74) is 2.72. The highest BCUT2D eigenvalue weighted by atomic mass is 127. The molecular weight excluding hydrogens is 393 g/mol. The zero-order chi connectivity index (χ0) is 14.6. The van der Waals surface area contributed by atoms with Crippen molar-refractivity contribution in [1.29, 1.82) is 0 Å². The highest BCUT2D eigenvalue weighted by molar-refractivity contribution is 14.0. The van der Waals surface area contributed by atoms with Crippen LogP contribution in [0.1, 0.15) is 18.1 Å². The fourth-order valence-corrected chi connectivity index (χ4v) is 2.46. The number of guanidine groups is 1. The Bertz CT molecular complexity index is 435. The van der Waals surface area contributed by atoms with Crippen molar-refractivity contribution >= 4 is 41.7 Å². The van der Waals surface area contributed by atoms with Crippen LogP contribution in [0.5, 0.6) is 0 Å². The summed E-state index contributed by atoms with van der Waals surface area (Å²) in [6.45, 7) is 7.61. The lowest BCUT2D eigenvalue weighted by Gasteiger charge is -2.13. The van der Waals surface area contributed by atoms with Gasteiger partial charge in [0.1, 0.15) is 0 Å². The lowest BCUT2D eigenvalue weighted by Crippen LogP contribution is -2.38. The van der Waals surface area contributed by atoms with Gasteiger partial charge < -0.3 is 10.6 Å². The topological polar surface area (TPSA) is 36.4 Å². The number of hydrogen-bond donors (Lipinski definition) is 2. The van der Waals surface area contributed by atoms with Gasteiger partial charge in [0, 0.05) is 31.6 Å². The molecule has 0 spiro atoms. The standard InChI is InChI=1S/C16H25N3S.HI/c1-4-11-20-12-10-18-16(17-3)19-13-15-9-7-6-8-14(15)5-2;/h4,6-9H,1,5,10-13H2,2-3H3,(H2,17,18,19);1H. The van der Waals surface area contributed by atoms with Gasteiger partial charge in [0.05, 0.1) is 0 Å². The normalized spacial score (nSPS) is 10.7. The number of thioether (sulfide) groups is 1. The first-order chi connectivity index (χ1) is 9.81. The fourth-order valence-electron chi connectivity index (χ4n) is 1.88. The van der Waals surface area contributed by atoms with E-state index in [1.54, 1.807) is 7.05 Å². The lowest BCUT2D eigenvalue weighted by atomic mass is 10.1. The van der Waals surface area contributed by atoms with Crippen LogP contribution in [0.25, 0.3) is 0 Å². The average Bonchev–Trinajstić information content (AvgIpc) is 2.50. The smallest absolute Gasteiger partial charge is 0.191 e. The largest absolute Gasteiger partial charge is 0.356 e. The van der Waals surface area contributed by atoms with E-state index in [0.717, 1.165) is 37.0 Å². The minimum absolute atomic E-state index is 0. The monoisotopic (exact) mass is 419 g/mol. The minimum Gasteiger partial charge on any atom is -0.356 e. The van der Waals surface area contributed by atoms with E-state index < -0.39 is 0 Å². The summed E-state index contributed by atoms with van der Waals surface area (Å²) < 4.78 is 0. The highest BCUT2D eigenvalue weighted by Crippen LogP contribution is 2.08. The van der Waals surface area contributed by atoms with Gasteiger partial charge in [-0.15, -0.1) is 30.6 Å². The van der Waals surface area contributed by atoms with Crippen LogP contribution < -0.4 is 10.6 Å². The van der Waals surface area contributed by atoms with Gasteiger partial charge in [-0.25, -0.2) is 0 Å². The Morgan fingerprint density at radius 3 is 2.62 bits per heavy atom. The third kappa shape index (κ3) is 8.36. The first kappa shape index (κ1) is 20.3. The van der Waals surface area contributed by atoms with Gasteiger partial charge in [0.25, 0.3) is 0 Å². The summed E-state index contributed by atoms with van der Waals surface area (Å²) in [7, 11) is 1.80. The number of aliphatic imine (C=N–C) groups is 1. The predicted molar refractivity (Wildman–Crippen MR) is 107 cm³/mol. The van der Waals surface area contributed by atoms with Gasteiger partial charge in [-0.05, 0) is 17.5 Å². The Morgan fingerprint density at radius 1 is 1.29 bits per heavy atom. The molecule has 1 aromatic rings. The molecule has 0 aromatic heterocycles. The zero-order valence-electron chi connectivity index (χ0n) is 12.9. The number of nitrogens with zero attached hydrogens (tertiary/aromatic N) is 1. The van der Waals surface area contributed by atoms with Crippen LogP contribution in [-0.2, 0) is 13.0 Å². The molecule has 0 bridgehead atoms. The van der Waals surface area contributed by atoms with Crippen molar-refractivity contribution < 1.29 is 0 Å². The molecule has 3 nitrogen and oxygen atoms in total. The van der Waals surface area contributed by atoms with E-state index in [0.29, 0.717) is 0 Å². The van der Waals surface area contributed by atoms with Crippen molar-refractivity contribution in [2.75, 3.05) is 25.1 Å². The maximum Gasteiger partial charge on any atom is 0.191 e. The van der Waals surface area contributed by atoms with E-state index in [1.807, 2.05) is 17.8 Å². The number of rotatable bonds is 8. The molecule has 0 aliphatic heterocycles. The molecule has 0 aliphatic carbocycles. The molecule has 0 saturated carbocycles. The molecule has 0 fully saturated rings. The van der Waals surface area contributed by atoms with Crippen LogP contribution >= 0.6 is 35.7 Å². The molecule has 0 heterocycles. The summed E-state index contributed by atoms with van der Waals surface area (Å²) in [5.74, 6) is 2.91. The number of halogens is 1. The average molecular weight is 419 g/mol. The Morgan fingerprint density at radius 2 is 2.00 bits per heavy atom. The SMILES string of the molecule is C=CCSCCNC(=NC)NCc1ccccc1CC.I. The van der Waals surface area contributed by atoms with E-state index in [-0.39, 0.29) is 24.0 Å². The second-order valence-corrected chi connectivity index (χ2v) is 5.49. The second kappa shape index (κ2) is 13.0. The van der Waals surface area contributed by atoms with Gasteiger partial charge in [0.15, 0.2) is 5.96 Å². The summed E-state index contributed by atoms with van der Waals surface area (Å²) in [6.07, 6.45) is 2.99. The van der Waals surface area contributed by atoms with E-state index in [4.69, 9.17) is 0 Å². The minimum atomic E-state index is 0. The quantitative estimate of drug-likeness (QED) is 0.223. The molecule has 21 heavy (non-hydrogen) atoms. The van der Waals surface area contributed by atoms with E-state index in [9.17, 15) is 0 Å². The second-order valence-electron chi connectivity index (χ2n) is 4.34. The molecule has 2 N–H and O–H groups in total. The van der Waals surface area contributed by atoms with Gasteiger partial charge in [0.2, 0.25) is 0 Å². The molecule has 0 saturated heterocycles. The van der Waals surface area contributed by atoms with Crippen molar-refractivity contribution in [1.82, 2.24) is 10.6 Å². The predicted octanol–water partition coefficient (Wildman–Crippen LogP) is 3.45. The van der Waals surface area contributed by atoms with Crippen LogP contribution in [-0.4, -0.2) is 31.1 Å². The van der Waals surface area contributed by atoms with Crippen molar-refractivity contribution in [3.05, 3.63) is 48.0 Å². The van der Waals surface area contributed by atoms with Gasteiger partial charge >= 0.3 is 0 Å². The molecule has 1 rings (SSSR count). The molecule has 0 aliphatic rings. The van der Waals surface area contributed by atoms with Crippen molar-refractivity contribution in [2.45, 2.75) is 19.9 Å².